The Bertz CT molecular complexity index is 589. The number of piperidine rings is 1. The quantitative estimate of drug-likeness (QED) is 0.802. The van der Waals surface area contributed by atoms with Crippen molar-refractivity contribution in [1.29, 1.82) is 0 Å². The van der Waals surface area contributed by atoms with Gasteiger partial charge in [0.2, 0.25) is 10.0 Å². The van der Waals surface area contributed by atoms with Crippen molar-refractivity contribution in [2.45, 2.75) is 12.8 Å². The van der Waals surface area contributed by atoms with Crippen molar-refractivity contribution in [1.82, 2.24) is 5.32 Å². The van der Waals surface area contributed by atoms with E-state index < -0.39 is 21.7 Å². The molecule has 1 saturated heterocycles. The molecule has 0 aromatic heterocycles. The first-order valence-corrected chi connectivity index (χ1v) is 8.67. The molecule has 1 atom stereocenters. The van der Waals surface area contributed by atoms with E-state index in [1.54, 1.807) is 0 Å². The van der Waals surface area contributed by atoms with E-state index in [0.717, 1.165) is 31.5 Å². The highest BCUT2D eigenvalue weighted by Crippen LogP contribution is 2.24. The summed E-state index contributed by atoms with van der Waals surface area (Å²) in [6.07, 6.45) is 1.73. The molecular formula is C12H15BrF2N2O2S. The average molecular weight is 369 g/mol. The summed E-state index contributed by atoms with van der Waals surface area (Å²) < 4.78 is 53.0. The number of nitrogens with one attached hydrogen (secondary N) is 2. The second-order valence-corrected chi connectivity index (χ2v) is 7.46. The number of hydrogen-bond donors (Lipinski definition) is 2. The molecule has 1 unspecified atom stereocenters. The van der Waals surface area contributed by atoms with Crippen LogP contribution < -0.4 is 10.0 Å². The fourth-order valence-corrected chi connectivity index (χ4v) is 3.98. The van der Waals surface area contributed by atoms with Gasteiger partial charge in [0.25, 0.3) is 0 Å². The van der Waals surface area contributed by atoms with Gasteiger partial charge in [-0.2, -0.15) is 0 Å². The zero-order chi connectivity index (χ0) is 14.8. The zero-order valence-electron chi connectivity index (χ0n) is 10.6. The molecule has 20 heavy (non-hydrogen) atoms. The van der Waals surface area contributed by atoms with Gasteiger partial charge >= 0.3 is 0 Å². The predicted octanol–water partition coefficient (Wildman–Crippen LogP) is 2.47. The summed E-state index contributed by atoms with van der Waals surface area (Å²) in [7, 11) is -3.70. The molecule has 1 aromatic carbocycles. The van der Waals surface area contributed by atoms with Crippen LogP contribution in [0.4, 0.5) is 14.5 Å². The Hall–Kier alpha value is -0.730. The molecule has 0 radical (unpaired) electrons. The molecule has 0 spiro atoms. The van der Waals surface area contributed by atoms with E-state index in [2.05, 4.69) is 26.0 Å². The first kappa shape index (κ1) is 15.7. The lowest BCUT2D eigenvalue weighted by molar-refractivity contribution is 0.404. The molecular weight excluding hydrogens is 354 g/mol. The van der Waals surface area contributed by atoms with Crippen LogP contribution in [0.2, 0.25) is 0 Å². The fraction of sp³-hybridized carbons (Fsp3) is 0.500. The highest BCUT2D eigenvalue weighted by atomic mass is 79.9. The minimum atomic E-state index is -3.70. The molecule has 1 fully saturated rings. The predicted molar refractivity (Wildman–Crippen MR) is 77.1 cm³/mol. The number of halogens is 3. The molecule has 4 nitrogen and oxygen atoms in total. The van der Waals surface area contributed by atoms with Crippen LogP contribution in [-0.4, -0.2) is 27.3 Å². The van der Waals surface area contributed by atoms with Crippen LogP contribution in [0.15, 0.2) is 16.6 Å². The van der Waals surface area contributed by atoms with Gasteiger partial charge < -0.3 is 5.32 Å². The van der Waals surface area contributed by atoms with Crippen molar-refractivity contribution < 1.29 is 17.2 Å². The Labute approximate surface area is 125 Å². The maximum absolute atomic E-state index is 13.6. The molecule has 2 N–H and O–H groups in total. The molecule has 1 aliphatic heterocycles. The Morgan fingerprint density at radius 1 is 1.35 bits per heavy atom. The monoisotopic (exact) mass is 368 g/mol. The lowest BCUT2D eigenvalue weighted by Gasteiger charge is -2.22. The molecule has 2 rings (SSSR count). The summed E-state index contributed by atoms with van der Waals surface area (Å²) in [5.74, 6) is -1.64. The normalized spacial score (nSPS) is 19.9. The second kappa shape index (κ2) is 6.36. The maximum Gasteiger partial charge on any atom is 0.233 e. The van der Waals surface area contributed by atoms with Gasteiger partial charge in [-0.25, -0.2) is 17.2 Å². The minimum Gasteiger partial charge on any atom is -0.316 e. The third-order valence-corrected chi connectivity index (χ3v) is 5.18. The number of hydrogen-bond acceptors (Lipinski definition) is 3. The van der Waals surface area contributed by atoms with E-state index in [9.17, 15) is 17.2 Å². The summed E-state index contributed by atoms with van der Waals surface area (Å²) in [6.45, 7) is 1.51. The van der Waals surface area contributed by atoms with Crippen LogP contribution in [0.25, 0.3) is 0 Å². The van der Waals surface area contributed by atoms with E-state index in [1.165, 1.54) is 0 Å². The van der Waals surface area contributed by atoms with Gasteiger partial charge in [-0.3, -0.25) is 4.72 Å². The fourth-order valence-electron chi connectivity index (χ4n) is 2.19. The molecule has 1 aromatic rings. The van der Waals surface area contributed by atoms with Crippen molar-refractivity contribution in [3.05, 3.63) is 28.2 Å². The third kappa shape index (κ3) is 4.13. The molecule has 1 heterocycles. The van der Waals surface area contributed by atoms with Gasteiger partial charge in [-0.05, 0) is 53.8 Å². The minimum absolute atomic E-state index is 0.00962. The highest BCUT2D eigenvalue weighted by molar-refractivity contribution is 9.10. The van der Waals surface area contributed by atoms with Crippen molar-refractivity contribution in [3.63, 3.8) is 0 Å². The summed E-state index contributed by atoms with van der Waals surface area (Å²) in [4.78, 5) is 0. The Kier molecular flexibility index (Phi) is 4.98. The van der Waals surface area contributed by atoms with Crippen LogP contribution in [0.3, 0.4) is 0 Å². The SMILES string of the molecule is O=S(=O)(CC1CCCNC1)Nc1cc(F)c(Br)cc1F. The summed E-state index contributed by atoms with van der Waals surface area (Å²) in [6, 6.07) is 1.73. The largest absolute Gasteiger partial charge is 0.316 e. The van der Waals surface area contributed by atoms with Crippen molar-refractivity contribution in [3.8, 4) is 0 Å². The Morgan fingerprint density at radius 3 is 2.75 bits per heavy atom. The summed E-state index contributed by atoms with van der Waals surface area (Å²) in [5, 5.41) is 3.12. The average Bonchev–Trinajstić information content (AvgIpc) is 2.36. The van der Waals surface area contributed by atoms with Gasteiger partial charge in [-0.15, -0.1) is 0 Å². The standard InChI is InChI=1S/C12H15BrF2N2O2S/c13-9-4-11(15)12(5-10(9)14)17-20(18,19)7-8-2-1-3-16-6-8/h4-5,8,16-17H,1-3,6-7H2. The van der Waals surface area contributed by atoms with Crippen LogP contribution in [0, 0.1) is 17.6 Å². The number of anilines is 1. The number of rotatable bonds is 4. The van der Waals surface area contributed by atoms with E-state index in [1.807, 2.05) is 0 Å². The van der Waals surface area contributed by atoms with Crippen LogP contribution in [0.1, 0.15) is 12.8 Å². The zero-order valence-corrected chi connectivity index (χ0v) is 13.0. The molecule has 8 heteroatoms. The molecule has 0 bridgehead atoms. The molecule has 0 amide bonds. The van der Waals surface area contributed by atoms with Gasteiger partial charge in [-0.1, -0.05) is 0 Å². The van der Waals surface area contributed by atoms with Crippen molar-refractivity contribution in [2.75, 3.05) is 23.6 Å². The van der Waals surface area contributed by atoms with E-state index >= 15 is 0 Å². The molecule has 0 aliphatic carbocycles. The summed E-state index contributed by atoms with van der Waals surface area (Å²) >= 11 is 2.84. The van der Waals surface area contributed by atoms with E-state index in [0.29, 0.717) is 6.54 Å². The lowest BCUT2D eigenvalue weighted by atomic mass is 10.0. The van der Waals surface area contributed by atoms with Crippen molar-refractivity contribution in [2.24, 2.45) is 5.92 Å². The van der Waals surface area contributed by atoms with Gasteiger partial charge in [0, 0.05) is 6.07 Å². The van der Waals surface area contributed by atoms with Crippen molar-refractivity contribution >= 4 is 31.6 Å². The van der Waals surface area contributed by atoms with Crippen LogP contribution >= 0.6 is 15.9 Å². The first-order chi connectivity index (χ1) is 9.37. The molecule has 0 saturated carbocycles. The Balaban J connectivity index is 2.09. The van der Waals surface area contributed by atoms with E-state index in [4.69, 9.17) is 0 Å². The van der Waals surface area contributed by atoms with Gasteiger partial charge in [0.1, 0.15) is 11.6 Å². The van der Waals surface area contributed by atoms with E-state index in [-0.39, 0.29) is 21.8 Å². The van der Waals surface area contributed by atoms with Crippen LogP contribution in [0.5, 0.6) is 0 Å². The first-order valence-electron chi connectivity index (χ1n) is 6.23. The van der Waals surface area contributed by atoms with Gasteiger partial charge in [0.05, 0.1) is 15.9 Å². The maximum atomic E-state index is 13.6. The number of sulfonamides is 1. The molecule has 1 aliphatic rings. The smallest absolute Gasteiger partial charge is 0.233 e. The lowest BCUT2D eigenvalue weighted by Crippen LogP contribution is -2.35. The number of benzene rings is 1. The summed E-state index contributed by atoms with van der Waals surface area (Å²) in [5.41, 5.74) is -0.366. The van der Waals surface area contributed by atoms with Crippen LogP contribution in [-0.2, 0) is 10.0 Å². The van der Waals surface area contributed by atoms with Gasteiger partial charge in [0.15, 0.2) is 0 Å². The topological polar surface area (TPSA) is 58.2 Å². The third-order valence-electron chi connectivity index (χ3n) is 3.13. The highest BCUT2D eigenvalue weighted by Gasteiger charge is 2.22. The second-order valence-electron chi connectivity index (χ2n) is 4.84. The Morgan fingerprint density at radius 2 is 2.10 bits per heavy atom. The molecule has 112 valence electrons.